The average Bonchev–Trinajstić information content (AvgIpc) is 2.84. The fourth-order valence-corrected chi connectivity index (χ4v) is 2.60. The summed E-state index contributed by atoms with van der Waals surface area (Å²) in [4.78, 5) is 12.1. The zero-order valence-electron chi connectivity index (χ0n) is 22.0. The van der Waals surface area contributed by atoms with Crippen LogP contribution in [-0.4, -0.2) is 35.9 Å². The maximum absolute atomic E-state index is 12.5. The van der Waals surface area contributed by atoms with Crippen molar-refractivity contribution >= 4 is 5.91 Å². The molecule has 0 aliphatic heterocycles. The predicted molar refractivity (Wildman–Crippen MR) is 134 cm³/mol. The maximum Gasteiger partial charge on any atom is 0.573 e. The van der Waals surface area contributed by atoms with Gasteiger partial charge in [-0.15, -0.1) is 32.9 Å². The van der Waals surface area contributed by atoms with Crippen LogP contribution in [0.1, 0.15) is 45.7 Å². The average molecular weight is 555 g/mol. The van der Waals surface area contributed by atoms with Crippen molar-refractivity contribution in [2.45, 2.75) is 72.5 Å². The SMILES string of the molecule is C=CC.CC.CC.N[C@H](Cc1ccccc1OC(F)(F)F)C(O)C(=O)NCc1cccc(OC(F)(F)F)c1. The highest BCUT2D eigenvalue weighted by molar-refractivity contribution is 5.81. The van der Waals surface area contributed by atoms with Gasteiger partial charge in [0, 0.05) is 12.6 Å². The molecule has 2 atom stereocenters. The molecule has 0 fully saturated rings. The molecule has 0 aliphatic rings. The molecule has 2 aromatic carbocycles. The molecule has 2 aromatic rings. The smallest absolute Gasteiger partial charge is 0.406 e. The summed E-state index contributed by atoms with van der Waals surface area (Å²) in [6.45, 7) is 13.0. The minimum atomic E-state index is -4.93. The Kier molecular flexibility index (Phi) is 18.4. The van der Waals surface area contributed by atoms with E-state index >= 15 is 0 Å². The number of ether oxygens (including phenoxy) is 2. The number of nitrogens with two attached hydrogens (primary N) is 1. The fraction of sp³-hybridized carbons (Fsp3) is 0.423. The highest BCUT2D eigenvalue weighted by atomic mass is 19.4. The number of amides is 1. The molecule has 1 amide bonds. The zero-order chi connectivity index (χ0) is 29.9. The highest BCUT2D eigenvalue weighted by Crippen LogP contribution is 2.27. The van der Waals surface area contributed by atoms with Gasteiger partial charge in [0.05, 0.1) is 0 Å². The van der Waals surface area contributed by atoms with Crippen LogP contribution in [0.15, 0.2) is 61.2 Å². The third-order valence-corrected chi connectivity index (χ3v) is 3.93. The molecule has 12 heteroatoms. The van der Waals surface area contributed by atoms with Gasteiger partial charge < -0.3 is 25.6 Å². The molecule has 2 rings (SSSR count). The van der Waals surface area contributed by atoms with E-state index in [1.165, 1.54) is 30.3 Å². The zero-order valence-corrected chi connectivity index (χ0v) is 22.0. The molecule has 4 N–H and O–H groups in total. The van der Waals surface area contributed by atoms with Gasteiger partial charge in [0.2, 0.25) is 0 Å². The number of aliphatic hydroxyl groups excluding tert-OH is 1. The van der Waals surface area contributed by atoms with E-state index in [9.17, 15) is 36.2 Å². The molecule has 216 valence electrons. The summed E-state index contributed by atoms with van der Waals surface area (Å²) in [7, 11) is 0. The summed E-state index contributed by atoms with van der Waals surface area (Å²) < 4.78 is 81.9. The number of hydrogen-bond acceptors (Lipinski definition) is 5. The lowest BCUT2D eigenvalue weighted by molar-refractivity contribution is -0.275. The molecule has 1 unspecified atom stereocenters. The van der Waals surface area contributed by atoms with Crippen LogP contribution < -0.4 is 20.5 Å². The van der Waals surface area contributed by atoms with Crippen LogP contribution in [0.2, 0.25) is 0 Å². The summed E-state index contributed by atoms with van der Waals surface area (Å²) >= 11 is 0. The predicted octanol–water partition coefficient (Wildman–Crippen LogP) is 6.28. The van der Waals surface area contributed by atoms with Crippen LogP contribution >= 0.6 is 0 Å². The van der Waals surface area contributed by atoms with Crippen molar-refractivity contribution in [3.63, 3.8) is 0 Å². The van der Waals surface area contributed by atoms with Crippen molar-refractivity contribution in [1.82, 2.24) is 5.32 Å². The Hall–Kier alpha value is -3.25. The fourth-order valence-electron chi connectivity index (χ4n) is 2.60. The third kappa shape index (κ3) is 16.5. The summed E-state index contributed by atoms with van der Waals surface area (Å²) in [6, 6.07) is 8.66. The molecule has 0 aromatic heterocycles. The number of carbonyl (C=O) groups is 1. The largest absolute Gasteiger partial charge is 0.573 e. The molecule has 6 nitrogen and oxygen atoms in total. The van der Waals surface area contributed by atoms with E-state index in [1.807, 2.05) is 34.6 Å². The Morgan fingerprint density at radius 1 is 1.00 bits per heavy atom. The quantitative estimate of drug-likeness (QED) is 0.264. The molecule has 0 saturated heterocycles. The number of hydrogen-bond donors (Lipinski definition) is 3. The van der Waals surface area contributed by atoms with Gasteiger partial charge in [0.25, 0.3) is 5.91 Å². The lowest BCUT2D eigenvalue weighted by atomic mass is 10.0. The van der Waals surface area contributed by atoms with E-state index in [0.29, 0.717) is 0 Å². The van der Waals surface area contributed by atoms with E-state index in [1.54, 1.807) is 6.08 Å². The summed E-state index contributed by atoms with van der Waals surface area (Å²) in [6.07, 6.45) is -10.2. The summed E-state index contributed by atoms with van der Waals surface area (Å²) in [5.41, 5.74) is 6.03. The first kappa shape index (κ1) is 36.9. The first-order chi connectivity index (χ1) is 17.8. The number of aliphatic hydroxyl groups is 1. The number of allylic oxidation sites excluding steroid dienone is 1. The van der Waals surface area contributed by atoms with Crippen molar-refractivity contribution in [2.75, 3.05) is 0 Å². The second-order valence-corrected chi connectivity index (χ2v) is 6.79. The lowest BCUT2D eigenvalue weighted by Crippen LogP contribution is -2.47. The highest BCUT2D eigenvalue weighted by Gasteiger charge is 2.33. The first-order valence-electron chi connectivity index (χ1n) is 11.7. The van der Waals surface area contributed by atoms with Gasteiger partial charge in [-0.25, -0.2) is 0 Å². The molecule has 0 radical (unpaired) electrons. The van der Waals surface area contributed by atoms with E-state index < -0.39 is 42.3 Å². The number of rotatable bonds is 8. The number of alkyl halides is 6. The molecule has 0 heterocycles. The van der Waals surface area contributed by atoms with Crippen LogP contribution in [0.4, 0.5) is 26.3 Å². The minimum Gasteiger partial charge on any atom is -0.406 e. The molecular weight excluding hydrogens is 518 g/mol. The van der Waals surface area contributed by atoms with Gasteiger partial charge in [-0.3, -0.25) is 4.79 Å². The second-order valence-electron chi connectivity index (χ2n) is 6.79. The Morgan fingerprint density at radius 3 is 2.05 bits per heavy atom. The minimum absolute atomic E-state index is 0.0242. The molecule has 0 spiro atoms. The van der Waals surface area contributed by atoms with E-state index in [4.69, 9.17) is 5.73 Å². The number of para-hydroxylation sites is 1. The van der Waals surface area contributed by atoms with E-state index in [2.05, 4.69) is 21.4 Å². The Morgan fingerprint density at radius 2 is 1.53 bits per heavy atom. The number of nitrogens with one attached hydrogen (secondary N) is 1. The molecule has 0 saturated carbocycles. The molecule has 0 aliphatic carbocycles. The standard InChI is InChI=1S/C19H18F6N2O4.C3H6.2C2H6/c20-18(21,22)30-13-6-3-4-11(8-13)10-27-17(29)16(28)14(26)9-12-5-1-2-7-15(12)31-19(23,24)25;1-3-2;2*1-2/h1-8,14,16,28H,9-10,26H2,(H,27,29);3H,1H2,2H3;2*1-2H3/t14-,16?;;;/m1.../s1. The van der Waals surface area contributed by atoms with Crippen LogP contribution in [0, 0.1) is 0 Å². The third-order valence-electron chi connectivity index (χ3n) is 3.93. The Bertz CT molecular complexity index is 936. The van der Waals surface area contributed by atoms with Gasteiger partial charge in [-0.05, 0) is 42.7 Å². The van der Waals surface area contributed by atoms with E-state index in [-0.39, 0.29) is 24.1 Å². The van der Waals surface area contributed by atoms with Crippen molar-refractivity contribution < 1.29 is 45.7 Å². The van der Waals surface area contributed by atoms with Gasteiger partial charge in [-0.2, -0.15) is 0 Å². The first-order valence-corrected chi connectivity index (χ1v) is 11.7. The van der Waals surface area contributed by atoms with Gasteiger partial charge >= 0.3 is 12.7 Å². The van der Waals surface area contributed by atoms with Crippen molar-refractivity contribution in [3.05, 3.63) is 72.3 Å². The van der Waals surface area contributed by atoms with Crippen LogP contribution in [0.25, 0.3) is 0 Å². The second kappa shape index (κ2) is 18.9. The van der Waals surface area contributed by atoms with Gasteiger partial charge in [0.15, 0.2) is 0 Å². The van der Waals surface area contributed by atoms with Gasteiger partial charge in [-0.1, -0.05) is 64.1 Å². The topological polar surface area (TPSA) is 93.8 Å². The van der Waals surface area contributed by atoms with Crippen molar-refractivity contribution in [2.24, 2.45) is 5.73 Å². The summed E-state index contributed by atoms with van der Waals surface area (Å²) in [5.74, 6) is -1.96. The van der Waals surface area contributed by atoms with Crippen LogP contribution in [-0.2, 0) is 17.8 Å². The Balaban J connectivity index is 0. The number of carbonyl (C=O) groups excluding carboxylic acids is 1. The van der Waals surface area contributed by atoms with E-state index in [0.717, 1.165) is 18.2 Å². The molecule has 38 heavy (non-hydrogen) atoms. The molecule has 0 bridgehead atoms. The van der Waals surface area contributed by atoms with Crippen LogP contribution in [0.3, 0.4) is 0 Å². The van der Waals surface area contributed by atoms with Crippen molar-refractivity contribution in [3.8, 4) is 11.5 Å². The maximum atomic E-state index is 12.5. The molecular formula is C26H36F6N2O4. The Labute approximate surface area is 219 Å². The van der Waals surface area contributed by atoms with Crippen LogP contribution in [0.5, 0.6) is 11.5 Å². The number of benzene rings is 2. The number of halogens is 6. The summed E-state index contributed by atoms with van der Waals surface area (Å²) in [5, 5.41) is 12.4. The lowest BCUT2D eigenvalue weighted by Gasteiger charge is -2.20. The van der Waals surface area contributed by atoms with Crippen molar-refractivity contribution in [1.29, 1.82) is 0 Å². The van der Waals surface area contributed by atoms with Gasteiger partial charge in [0.1, 0.15) is 17.6 Å². The normalized spacial score (nSPS) is 12.0. The monoisotopic (exact) mass is 554 g/mol.